The molecule has 0 amide bonds. The summed E-state index contributed by atoms with van der Waals surface area (Å²) in [4.78, 5) is 21.1. The van der Waals surface area contributed by atoms with Gasteiger partial charge in [0.25, 0.3) is 6.47 Å². The van der Waals surface area contributed by atoms with Gasteiger partial charge in [-0.25, -0.2) is 0 Å². The monoisotopic (exact) mass is 446 g/mol. The average molecular weight is 447 g/mol. The smallest absolute Gasteiger partial charge is 0.292 e. The minimum Gasteiger partial charge on any atom is -0.471 e. The molecule has 0 heterocycles. The van der Waals surface area contributed by atoms with Gasteiger partial charge in [-0.05, 0) is 97.2 Å². The number of carbonyl (C=O) groups is 2. The second-order valence-corrected chi connectivity index (χ2v) is 12.8. The van der Waals surface area contributed by atoms with Gasteiger partial charge in [0.05, 0.1) is 7.11 Å². The quantitative estimate of drug-likeness (QED) is 0.397. The highest BCUT2D eigenvalue weighted by Crippen LogP contribution is 2.68. The molecule has 184 valence electrons. The summed E-state index contributed by atoms with van der Waals surface area (Å²) in [5, 5.41) is 0. The summed E-state index contributed by atoms with van der Waals surface area (Å²) in [6.07, 6.45) is 15.9. The van der Waals surface area contributed by atoms with Gasteiger partial charge in [-0.2, -0.15) is 0 Å². The van der Waals surface area contributed by atoms with Gasteiger partial charge in [0.15, 0.2) is 0 Å². The van der Waals surface area contributed by atoms with Crippen molar-refractivity contribution in [3.05, 3.63) is 0 Å². The van der Waals surface area contributed by atoms with Crippen molar-refractivity contribution in [1.82, 2.24) is 0 Å². The van der Waals surface area contributed by atoms with Crippen LogP contribution < -0.4 is 0 Å². The maximum absolute atomic E-state index is 12.1. The molecule has 0 saturated heterocycles. The molecule has 0 N–H and O–H groups in total. The van der Waals surface area contributed by atoms with Crippen molar-refractivity contribution in [2.24, 2.45) is 52.3 Å². The van der Waals surface area contributed by atoms with E-state index in [0.717, 1.165) is 48.3 Å². The van der Waals surface area contributed by atoms with Gasteiger partial charge in [0.2, 0.25) is 0 Å². The molecule has 4 rings (SSSR count). The first-order chi connectivity index (χ1) is 15.2. The maximum atomic E-state index is 12.1. The van der Waals surface area contributed by atoms with Crippen LogP contribution in [0.2, 0.25) is 0 Å². The van der Waals surface area contributed by atoms with Gasteiger partial charge in [-0.3, -0.25) is 9.59 Å². The molecule has 0 bridgehead atoms. The number of methoxy groups -OCH3 is 1. The molecule has 0 radical (unpaired) electrons. The van der Waals surface area contributed by atoms with Gasteiger partial charge in [0.1, 0.15) is 5.78 Å². The van der Waals surface area contributed by atoms with Crippen molar-refractivity contribution in [3.8, 4) is 0 Å². The van der Waals surface area contributed by atoms with Crippen LogP contribution in [0.1, 0.15) is 112 Å². The van der Waals surface area contributed by atoms with Crippen LogP contribution in [0.4, 0.5) is 0 Å². The molecule has 4 saturated carbocycles. The summed E-state index contributed by atoms with van der Waals surface area (Å²) in [5.41, 5.74) is 1.07. The van der Waals surface area contributed by atoms with Crippen LogP contribution in [0.25, 0.3) is 0 Å². The van der Waals surface area contributed by atoms with Gasteiger partial charge in [0, 0.05) is 12.8 Å². The molecule has 3 nitrogen and oxygen atoms in total. The molecule has 0 spiro atoms. The second kappa shape index (κ2) is 10.6. The van der Waals surface area contributed by atoms with Crippen molar-refractivity contribution >= 4 is 12.3 Å². The van der Waals surface area contributed by atoms with Gasteiger partial charge < -0.3 is 4.74 Å². The molecule has 0 aromatic heterocycles. The minimum atomic E-state index is 0.375. The van der Waals surface area contributed by atoms with E-state index < -0.39 is 0 Å². The molecule has 4 aliphatic rings. The van der Waals surface area contributed by atoms with E-state index in [4.69, 9.17) is 4.79 Å². The second-order valence-electron chi connectivity index (χ2n) is 12.8. The third-order valence-corrected chi connectivity index (χ3v) is 10.8. The van der Waals surface area contributed by atoms with Crippen LogP contribution in [0.3, 0.4) is 0 Å². The predicted molar refractivity (Wildman–Crippen MR) is 131 cm³/mol. The number of ether oxygens (including phenoxy) is 1. The SMILES string of the molecule is CC(C)CCC[C@@H](C)C1CCC2C3CCC4CC(=O)CCC4(C)C3CCC21C.COC=O. The molecule has 0 aliphatic heterocycles. The van der Waals surface area contributed by atoms with E-state index in [1.165, 1.54) is 71.3 Å². The number of fused-ring (bicyclic) bond motifs is 5. The van der Waals surface area contributed by atoms with Crippen LogP contribution in [0.15, 0.2) is 0 Å². The lowest BCUT2D eigenvalue weighted by Gasteiger charge is -2.60. The number of hydrogen-bond donors (Lipinski definition) is 0. The molecule has 4 aliphatic carbocycles. The summed E-state index contributed by atoms with van der Waals surface area (Å²) in [5.74, 6) is 6.82. The summed E-state index contributed by atoms with van der Waals surface area (Å²) in [7, 11) is 1.31. The Kier molecular flexibility index (Phi) is 8.53. The van der Waals surface area contributed by atoms with Crippen molar-refractivity contribution in [3.63, 3.8) is 0 Å². The zero-order valence-corrected chi connectivity index (χ0v) is 21.8. The van der Waals surface area contributed by atoms with Crippen LogP contribution in [0, 0.1) is 52.3 Å². The molecule has 3 heteroatoms. The minimum absolute atomic E-state index is 0.375. The van der Waals surface area contributed by atoms with Crippen LogP contribution in [-0.4, -0.2) is 19.4 Å². The first-order valence-corrected chi connectivity index (χ1v) is 13.7. The Morgan fingerprint density at radius 2 is 1.66 bits per heavy atom. The molecule has 0 aromatic carbocycles. The highest BCUT2D eigenvalue weighted by atomic mass is 16.5. The first-order valence-electron chi connectivity index (χ1n) is 13.7. The Hall–Kier alpha value is -0.860. The Morgan fingerprint density at radius 1 is 0.969 bits per heavy atom. The highest BCUT2D eigenvalue weighted by Gasteiger charge is 2.60. The van der Waals surface area contributed by atoms with Crippen LogP contribution in [0.5, 0.6) is 0 Å². The Morgan fingerprint density at radius 3 is 2.31 bits per heavy atom. The standard InChI is InChI=1S/C27H46O.C2H4O2/c1-18(2)7-6-8-19(3)23-11-12-24-22-10-9-20-17-21(28)13-15-26(20,4)25(22)14-16-27(23,24)5;1-4-2-3/h18-20,22-25H,6-17H2,1-5H3;2H,1H3/t19-,20?,22?,23?,24?,25?,26?,27?;/m1./s1. The lowest BCUT2D eigenvalue weighted by atomic mass is 9.44. The van der Waals surface area contributed by atoms with Gasteiger partial charge in [-0.1, -0.05) is 53.9 Å². The topological polar surface area (TPSA) is 43.4 Å². The number of carbonyl (C=O) groups excluding carboxylic acids is 2. The summed E-state index contributed by atoms with van der Waals surface area (Å²) >= 11 is 0. The highest BCUT2D eigenvalue weighted by molar-refractivity contribution is 5.79. The molecular weight excluding hydrogens is 396 g/mol. The Labute approximate surface area is 197 Å². The van der Waals surface area contributed by atoms with Crippen LogP contribution in [-0.2, 0) is 14.3 Å². The number of rotatable bonds is 6. The van der Waals surface area contributed by atoms with Gasteiger partial charge >= 0.3 is 0 Å². The van der Waals surface area contributed by atoms with Crippen molar-refractivity contribution < 1.29 is 14.3 Å². The fourth-order valence-electron chi connectivity index (χ4n) is 9.07. The van der Waals surface area contributed by atoms with Crippen molar-refractivity contribution in [2.75, 3.05) is 7.11 Å². The summed E-state index contributed by atoms with van der Waals surface area (Å²) in [6.45, 7) is 13.0. The van der Waals surface area contributed by atoms with E-state index in [1.54, 1.807) is 0 Å². The zero-order valence-electron chi connectivity index (χ0n) is 21.8. The normalized spacial score (nSPS) is 41.6. The number of Topliss-reactive ketones (excluding diaryl/α,β-unsaturated/α-hetero) is 1. The lowest BCUT2D eigenvalue weighted by molar-refractivity contribution is -0.140. The third-order valence-electron chi connectivity index (χ3n) is 10.8. The molecule has 7 unspecified atom stereocenters. The van der Waals surface area contributed by atoms with E-state index in [0.29, 0.717) is 29.0 Å². The van der Waals surface area contributed by atoms with E-state index in [2.05, 4.69) is 39.4 Å². The first kappa shape index (κ1) is 25.8. The summed E-state index contributed by atoms with van der Waals surface area (Å²) < 4.78 is 3.86. The Balaban J connectivity index is 0.000000668. The van der Waals surface area contributed by atoms with Crippen molar-refractivity contribution in [1.29, 1.82) is 0 Å². The summed E-state index contributed by atoms with van der Waals surface area (Å²) in [6, 6.07) is 0. The van der Waals surface area contributed by atoms with Crippen LogP contribution >= 0.6 is 0 Å². The fourth-order valence-corrected chi connectivity index (χ4v) is 9.07. The van der Waals surface area contributed by atoms with E-state index in [1.807, 2.05) is 0 Å². The van der Waals surface area contributed by atoms with Gasteiger partial charge in [-0.15, -0.1) is 0 Å². The maximum Gasteiger partial charge on any atom is 0.292 e. The predicted octanol–water partition coefficient (Wildman–Crippen LogP) is 7.47. The lowest BCUT2D eigenvalue weighted by Crippen LogP contribution is -2.53. The third kappa shape index (κ3) is 4.97. The Bertz CT molecular complexity index is 642. The van der Waals surface area contributed by atoms with Crippen molar-refractivity contribution in [2.45, 2.75) is 112 Å². The molecule has 4 fully saturated rings. The average Bonchev–Trinajstić information content (AvgIpc) is 3.11. The molecule has 0 aromatic rings. The van der Waals surface area contributed by atoms with E-state index in [-0.39, 0.29) is 0 Å². The molecular formula is C29H50O3. The molecule has 32 heavy (non-hydrogen) atoms. The zero-order chi connectivity index (χ0) is 23.5. The van der Waals surface area contributed by atoms with E-state index >= 15 is 0 Å². The molecule has 8 atom stereocenters. The number of hydrogen-bond acceptors (Lipinski definition) is 3. The number of ketones is 1. The largest absolute Gasteiger partial charge is 0.471 e. The fraction of sp³-hybridized carbons (Fsp3) is 0.931. The van der Waals surface area contributed by atoms with E-state index in [9.17, 15) is 4.79 Å².